The van der Waals surface area contributed by atoms with Crippen molar-refractivity contribution in [2.75, 3.05) is 13.2 Å². The van der Waals surface area contributed by atoms with Crippen LogP contribution in [0.3, 0.4) is 0 Å². The summed E-state index contributed by atoms with van der Waals surface area (Å²) < 4.78 is 5.71. The first-order valence-corrected chi connectivity index (χ1v) is 8.97. The van der Waals surface area contributed by atoms with E-state index in [0.29, 0.717) is 6.54 Å². The molecular weight excluding hydrogens is 322 g/mol. The number of hydrogen-bond donors (Lipinski definition) is 2. The molecule has 2 atom stereocenters. The van der Waals surface area contributed by atoms with Crippen molar-refractivity contribution in [1.82, 2.24) is 5.32 Å². The molecule has 26 heavy (non-hydrogen) atoms. The maximum Gasteiger partial charge on any atom is 0.119 e. The van der Waals surface area contributed by atoms with Crippen molar-refractivity contribution in [3.63, 3.8) is 0 Å². The summed E-state index contributed by atoms with van der Waals surface area (Å²) in [6, 6.07) is 28.6. The first kappa shape index (κ1) is 18.2. The van der Waals surface area contributed by atoms with Crippen LogP contribution < -0.4 is 10.1 Å². The Morgan fingerprint density at radius 2 is 1.38 bits per heavy atom. The van der Waals surface area contributed by atoms with Gasteiger partial charge in [-0.25, -0.2) is 0 Å². The van der Waals surface area contributed by atoms with Gasteiger partial charge in [-0.15, -0.1) is 0 Å². The van der Waals surface area contributed by atoms with Gasteiger partial charge in [0.25, 0.3) is 0 Å². The third-order valence-electron chi connectivity index (χ3n) is 4.36. The molecule has 0 aliphatic rings. The van der Waals surface area contributed by atoms with Crippen LogP contribution in [-0.4, -0.2) is 24.4 Å². The van der Waals surface area contributed by atoms with Crippen molar-refractivity contribution >= 4 is 0 Å². The molecule has 0 heterocycles. The van der Waals surface area contributed by atoms with E-state index in [2.05, 4.69) is 36.5 Å². The lowest BCUT2D eigenvalue weighted by Crippen LogP contribution is -2.33. The van der Waals surface area contributed by atoms with Gasteiger partial charge < -0.3 is 15.2 Å². The van der Waals surface area contributed by atoms with Gasteiger partial charge in [-0.2, -0.15) is 0 Å². The van der Waals surface area contributed by atoms with Gasteiger partial charge in [0.15, 0.2) is 0 Å². The van der Waals surface area contributed by atoms with Gasteiger partial charge in [0.2, 0.25) is 0 Å². The maximum atomic E-state index is 10.2. The predicted molar refractivity (Wildman–Crippen MR) is 106 cm³/mol. The van der Waals surface area contributed by atoms with Gasteiger partial charge >= 0.3 is 0 Å². The van der Waals surface area contributed by atoms with Crippen LogP contribution in [0.2, 0.25) is 0 Å². The molecule has 0 radical (unpaired) electrons. The maximum absolute atomic E-state index is 10.2. The highest BCUT2D eigenvalue weighted by atomic mass is 16.5. The molecule has 3 nitrogen and oxygen atoms in total. The molecule has 134 valence electrons. The summed E-state index contributed by atoms with van der Waals surface area (Å²) in [5.41, 5.74) is 3.53. The molecule has 3 aromatic carbocycles. The van der Waals surface area contributed by atoms with E-state index in [-0.39, 0.29) is 12.6 Å². The first-order valence-electron chi connectivity index (χ1n) is 8.97. The zero-order chi connectivity index (χ0) is 18.2. The van der Waals surface area contributed by atoms with E-state index in [0.717, 1.165) is 11.3 Å². The molecule has 0 fully saturated rings. The summed E-state index contributed by atoms with van der Waals surface area (Å²) in [4.78, 5) is 0. The third-order valence-corrected chi connectivity index (χ3v) is 4.36. The average Bonchev–Trinajstić information content (AvgIpc) is 2.72. The number of hydrogen-bond acceptors (Lipinski definition) is 3. The summed E-state index contributed by atoms with van der Waals surface area (Å²) in [6.45, 7) is 2.84. The van der Waals surface area contributed by atoms with Crippen molar-refractivity contribution in [2.45, 2.75) is 19.1 Å². The lowest BCUT2D eigenvalue weighted by atomic mass is 10.1. The normalized spacial score (nSPS) is 13.2. The largest absolute Gasteiger partial charge is 0.491 e. The van der Waals surface area contributed by atoms with Crippen LogP contribution in [-0.2, 0) is 0 Å². The molecule has 0 aliphatic heterocycles. The highest BCUT2D eigenvalue weighted by molar-refractivity contribution is 5.63. The van der Waals surface area contributed by atoms with Gasteiger partial charge in [-0.3, -0.25) is 0 Å². The molecule has 0 aliphatic carbocycles. The SMILES string of the molecule is C[C@H](NC[C@@H](O)COc1ccc(-c2ccccc2)cc1)c1ccccc1. The lowest BCUT2D eigenvalue weighted by Gasteiger charge is -2.18. The molecule has 0 aromatic heterocycles. The Kier molecular flexibility index (Phi) is 6.42. The molecule has 2 N–H and O–H groups in total. The second kappa shape index (κ2) is 9.18. The smallest absolute Gasteiger partial charge is 0.119 e. The van der Waals surface area contributed by atoms with Gasteiger partial charge in [0, 0.05) is 12.6 Å². The predicted octanol–water partition coefficient (Wildman–Crippen LogP) is 4.44. The van der Waals surface area contributed by atoms with Gasteiger partial charge in [0.1, 0.15) is 18.5 Å². The van der Waals surface area contributed by atoms with Gasteiger partial charge in [-0.05, 0) is 35.7 Å². The molecule has 0 bridgehead atoms. The molecule has 3 aromatic rings. The number of rotatable bonds is 8. The van der Waals surface area contributed by atoms with E-state index < -0.39 is 6.10 Å². The second-order valence-corrected chi connectivity index (χ2v) is 6.40. The third kappa shape index (κ3) is 5.19. The molecule has 0 saturated heterocycles. The molecular formula is C23H25NO2. The molecule has 0 spiro atoms. The first-order chi connectivity index (χ1) is 12.7. The van der Waals surface area contributed by atoms with E-state index in [1.165, 1.54) is 11.1 Å². The Balaban J connectivity index is 1.45. The van der Waals surface area contributed by atoms with Crippen LogP contribution in [0.15, 0.2) is 84.9 Å². The van der Waals surface area contributed by atoms with Crippen LogP contribution >= 0.6 is 0 Å². The van der Waals surface area contributed by atoms with Gasteiger partial charge in [-0.1, -0.05) is 72.8 Å². The van der Waals surface area contributed by atoms with Crippen LogP contribution in [0.1, 0.15) is 18.5 Å². The van der Waals surface area contributed by atoms with Crippen LogP contribution in [0.25, 0.3) is 11.1 Å². The molecule has 0 saturated carbocycles. The fourth-order valence-corrected chi connectivity index (χ4v) is 2.80. The zero-order valence-corrected chi connectivity index (χ0v) is 15.0. The number of aliphatic hydroxyl groups is 1. The van der Waals surface area contributed by atoms with Crippen LogP contribution in [0.4, 0.5) is 0 Å². The Bertz CT molecular complexity index is 772. The second-order valence-electron chi connectivity index (χ2n) is 6.40. The fourth-order valence-electron chi connectivity index (χ4n) is 2.80. The van der Waals surface area contributed by atoms with Crippen molar-refractivity contribution in [1.29, 1.82) is 0 Å². The van der Waals surface area contributed by atoms with Gasteiger partial charge in [0.05, 0.1) is 0 Å². The van der Waals surface area contributed by atoms with E-state index in [1.54, 1.807) is 0 Å². The standard InChI is InChI=1S/C23H25NO2/c1-18(19-8-4-2-5-9-19)24-16-22(25)17-26-23-14-12-21(13-15-23)20-10-6-3-7-11-20/h2-15,18,22,24-25H,16-17H2,1H3/t18-,22+/m0/s1. The minimum Gasteiger partial charge on any atom is -0.491 e. The minimum atomic E-state index is -0.560. The van der Waals surface area contributed by atoms with Crippen molar-refractivity contribution in [2.24, 2.45) is 0 Å². The quantitative estimate of drug-likeness (QED) is 0.633. The lowest BCUT2D eigenvalue weighted by molar-refractivity contribution is 0.104. The number of ether oxygens (including phenoxy) is 1. The molecule has 0 unspecified atom stereocenters. The highest BCUT2D eigenvalue weighted by Gasteiger charge is 2.09. The Hall–Kier alpha value is -2.62. The molecule has 3 heteroatoms. The van der Waals surface area contributed by atoms with Crippen molar-refractivity contribution in [3.8, 4) is 16.9 Å². The van der Waals surface area contributed by atoms with Crippen LogP contribution in [0, 0.1) is 0 Å². The fraction of sp³-hybridized carbons (Fsp3) is 0.217. The average molecular weight is 347 g/mol. The number of nitrogens with one attached hydrogen (secondary N) is 1. The summed E-state index contributed by atoms with van der Waals surface area (Å²) in [5.74, 6) is 0.764. The zero-order valence-electron chi connectivity index (χ0n) is 15.0. The van der Waals surface area contributed by atoms with E-state index in [9.17, 15) is 5.11 Å². The number of benzene rings is 3. The van der Waals surface area contributed by atoms with Crippen molar-refractivity contribution < 1.29 is 9.84 Å². The highest BCUT2D eigenvalue weighted by Crippen LogP contribution is 2.22. The Morgan fingerprint density at radius 1 is 0.808 bits per heavy atom. The Labute approximate surface area is 155 Å². The number of aliphatic hydroxyl groups excluding tert-OH is 1. The molecule has 0 amide bonds. The van der Waals surface area contributed by atoms with Crippen molar-refractivity contribution in [3.05, 3.63) is 90.5 Å². The van der Waals surface area contributed by atoms with E-state index >= 15 is 0 Å². The Morgan fingerprint density at radius 3 is 2.04 bits per heavy atom. The molecule has 3 rings (SSSR count). The minimum absolute atomic E-state index is 0.191. The van der Waals surface area contributed by atoms with E-state index in [4.69, 9.17) is 4.74 Å². The summed E-state index contributed by atoms with van der Waals surface area (Å²) >= 11 is 0. The monoisotopic (exact) mass is 347 g/mol. The summed E-state index contributed by atoms with van der Waals surface area (Å²) in [5, 5.41) is 13.5. The van der Waals surface area contributed by atoms with E-state index in [1.807, 2.05) is 60.7 Å². The van der Waals surface area contributed by atoms with Crippen LogP contribution in [0.5, 0.6) is 5.75 Å². The topological polar surface area (TPSA) is 41.5 Å². The summed E-state index contributed by atoms with van der Waals surface area (Å²) in [7, 11) is 0. The summed E-state index contributed by atoms with van der Waals surface area (Å²) in [6.07, 6.45) is -0.560.